The summed E-state index contributed by atoms with van der Waals surface area (Å²) >= 11 is 2.00. The van der Waals surface area contributed by atoms with Gasteiger partial charge >= 0.3 is 0 Å². The van der Waals surface area contributed by atoms with Crippen molar-refractivity contribution in [1.82, 2.24) is 0 Å². The molecule has 0 aromatic carbocycles. The predicted octanol–water partition coefficient (Wildman–Crippen LogP) is 2.65. The van der Waals surface area contributed by atoms with E-state index in [1.807, 2.05) is 11.8 Å². The highest BCUT2D eigenvalue weighted by Gasteiger charge is 2.21. The molecule has 1 unspecified atom stereocenters. The summed E-state index contributed by atoms with van der Waals surface area (Å²) in [7, 11) is 0. The second kappa shape index (κ2) is 5.13. The normalized spacial score (nSPS) is 22.0. The standard InChI is InChI=1S/C10H21NS/c1-8(2)12-7-10(11)9-5-3-4-6-9/h8-10H,3-7,11H2,1-2H3. The van der Waals surface area contributed by atoms with Crippen molar-refractivity contribution in [2.24, 2.45) is 11.7 Å². The molecule has 0 amide bonds. The molecule has 0 aliphatic heterocycles. The quantitative estimate of drug-likeness (QED) is 0.732. The van der Waals surface area contributed by atoms with Gasteiger partial charge in [0.05, 0.1) is 0 Å². The molecule has 1 aliphatic rings. The third-order valence-electron chi connectivity index (χ3n) is 2.63. The lowest BCUT2D eigenvalue weighted by atomic mass is 10.0. The molecule has 1 saturated carbocycles. The molecular weight excluding hydrogens is 166 g/mol. The molecule has 0 bridgehead atoms. The SMILES string of the molecule is CC(C)SCC(N)C1CCCC1. The van der Waals surface area contributed by atoms with Crippen LogP contribution in [0, 0.1) is 5.92 Å². The molecule has 1 rings (SSSR count). The first-order valence-electron chi connectivity index (χ1n) is 5.07. The largest absolute Gasteiger partial charge is 0.327 e. The van der Waals surface area contributed by atoms with Crippen LogP contribution in [0.4, 0.5) is 0 Å². The Bertz CT molecular complexity index is 119. The molecule has 2 heteroatoms. The van der Waals surface area contributed by atoms with Gasteiger partial charge < -0.3 is 5.73 Å². The third-order valence-corrected chi connectivity index (χ3v) is 3.87. The molecule has 1 aliphatic carbocycles. The van der Waals surface area contributed by atoms with Gasteiger partial charge in [0.15, 0.2) is 0 Å². The number of rotatable bonds is 4. The Labute approximate surface area is 80.5 Å². The van der Waals surface area contributed by atoms with Crippen LogP contribution in [0.1, 0.15) is 39.5 Å². The van der Waals surface area contributed by atoms with E-state index in [0.717, 1.165) is 16.9 Å². The molecule has 0 spiro atoms. The van der Waals surface area contributed by atoms with Gasteiger partial charge in [0.25, 0.3) is 0 Å². The zero-order valence-electron chi connectivity index (χ0n) is 8.25. The third kappa shape index (κ3) is 3.36. The molecule has 1 nitrogen and oxygen atoms in total. The molecular formula is C10H21NS. The van der Waals surface area contributed by atoms with Crippen molar-refractivity contribution in [3.8, 4) is 0 Å². The Morgan fingerprint density at radius 1 is 1.33 bits per heavy atom. The molecule has 1 fully saturated rings. The fourth-order valence-corrected chi connectivity index (χ4v) is 2.70. The first-order chi connectivity index (χ1) is 5.70. The molecule has 0 radical (unpaired) electrons. The van der Waals surface area contributed by atoms with Crippen LogP contribution in [0.15, 0.2) is 0 Å². The van der Waals surface area contributed by atoms with E-state index in [1.54, 1.807) is 0 Å². The Hall–Kier alpha value is 0.310. The minimum absolute atomic E-state index is 0.458. The smallest absolute Gasteiger partial charge is 0.0159 e. The maximum atomic E-state index is 6.11. The van der Waals surface area contributed by atoms with Gasteiger partial charge in [-0.3, -0.25) is 0 Å². The van der Waals surface area contributed by atoms with Crippen LogP contribution >= 0.6 is 11.8 Å². The first kappa shape index (κ1) is 10.4. The maximum absolute atomic E-state index is 6.11. The van der Waals surface area contributed by atoms with Crippen molar-refractivity contribution in [1.29, 1.82) is 0 Å². The minimum Gasteiger partial charge on any atom is -0.327 e. The molecule has 0 aromatic rings. The number of hydrogen-bond donors (Lipinski definition) is 1. The van der Waals surface area contributed by atoms with Gasteiger partial charge in [-0.1, -0.05) is 26.7 Å². The van der Waals surface area contributed by atoms with Gasteiger partial charge in [-0.25, -0.2) is 0 Å². The highest BCUT2D eigenvalue weighted by atomic mass is 32.2. The second-order valence-corrected chi connectivity index (χ2v) is 5.70. The summed E-state index contributed by atoms with van der Waals surface area (Å²) in [5, 5.41) is 0.734. The van der Waals surface area contributed by atoms with Crippen molar-refractivity contribution in [3.05, 3.63) is 0 Å². The summed E-state index contributed by atoms with van der Waals surface area (Å²) < 4.78 is 0. The van der Waals surface area contributed by atoms with Crippen LogP contribution in [0.5, 0.6) is 0 Å². The minimum atomic E-state index is 0.458. The van der Waals surface area contributed by atoms with Crippen LogP contribution in [-0.2, 0) is 0 Å². The Kier molecular flexibility index (Phi) is 4.44. The molecule has 0 saturated heterocycles. The molecule has 2 N–H and O–H groups in total. The van der Waals surface area contributed by atoms with Gasteiger partial charge in [0, 0.05) is 11.8 Å². The Morgan fingerprint density at radius 3 is 2.42 bits per heavy atom. The van der Waals surface area contributed by atoms with Crippen LogP contribution in [0.25, 0.3) is 0 Å². The van der Waals surface area contributed by atoms with E-state index >= 15 is 0 Å². The van der Waals surface area contributed by atoms with E-state index in [1.165, 1.54) is 25.7 Å². The highest BCUT2D eigenvalue weighted by Crippen LogP contribution is 2.28. The Morgan fingerprint density at radius 2 is 1.92 bits per heavy atom. The van der Waals surface area contributed by atoms with Crippen LogP contribution in [-0.4, -0.2) is 17.0 Å². The Balaban J connectivity index is 2.13. The highest BCUT2D eigenvalue weighted by molar-refractivity contribution is 7.99. The summed E-state index contributed by atoms with van der Waals surface area (Å²) in [4.78, 5) is 0. The van der Waals surface area contributed by atoms with Gasteiger partial charge in [0.2, 0.25) is 0 Å². The van der Waals surface area contributed by atoms with E-state index in [9.17, 15) is 0 Å². The summed E-state index contributed by atoms with van der Waals surface area (Å²) in [6.45, 7) is 4.48. The molecule has 0 heterocycles. The number of hydrogen-bond acceptors (Lipinski definition) is 2. The van der Waals surface area contributed by atoms with Gasteiger partial charge in [-0.05, 0) is 24.0 Å². The van der Waals surface area contributed by atoms with E-state index < -0.39 is 0 Å². The van der Waals surface area contributed by atoms with Gasteiger partial charge in [-0.15, -0.1) is 0 Å². The predicted molar refractivity (Wildman–Crippen MR) is 57.5 cm³/mol. The van der Waals surface area contributed by atoms with Crippen molar-refractivity contribution in [2.75, 3.05) is 5.75 Å². The zero-order chi connectivity index (χ0) is 8.97. The van der Waals surface area contributed by atoms with E-state index in [4.69, 9.17) is 5.73 Å². The average molecular weight is 187 g/mol. The van der Waals surface area contributed by atoms with Crippen LogP contribution in [0.3, 0.4) is 0 Å². The van der Waals surface area contributed by atoms with Gasteiger partial charge in [0.1, 0.15) is 0 Å². The van der Waals surface area contributed by atoms with Crippen LogP contribution < -0.4 is 5.73 Å². The van der Waals surface area contributed by atoms with Crippen LogP contribution in [0.2, 0.25) is 0 Å². The van der Waals surface area contributed by atoms with Crippen molar-refractivity contribution in [2.45, 2.75) is 50.8 Å². The lowest BCUT2D eigenvalue weighted by Gasteiger charge is -2.19. The molecule has 0 aromatic heterocycles. The van der Waals surface area contributed by atoms with E-state index in [2.05, 4.69) is 13.8 Å². The maximum Gasteiger partial charge on any atom is 0.0159 e. The molecule has 1 atom stereocenters. The first-order valence-corrected chi connectivity index (χ1v) is 6.12. The second-order valence-electron chi connectivity index (χ2n) is 4.09. The zero-order valence-corrected chi connectivity index (χ0v) is 9.07. The fraction of sp³-hybridized carbons (Fsp3) is 1.00. The van der Waals surface area contributed by atoms with Gasteiger partial charge in [-0.2, -0.15) is 11.8 Å². The van der Waals surface area contributed by atoms with E-state index in [-0.39, 0.29) is 0 Å². The monoisotopic (exact) mass is 187 g/mol. The topological polar surface area (TPSA) is 26.0 Å². The van der Waals surface area contributed by atoms with Crippen molar-refractivity contribution in [3.63, 3.8) is 0 Å². The lowest BCUT2D eigenvalue weighted by Crippen LogP contribution is -2.31. The summed E-state index contributed by atoms with van der Waals surface area (Å²) in [6.07, 6.45) is 5.56. The van der Waals surface area contributed by atoms with Crippen molar-refractivity contribution < 1.29 is 0 Å². The van der Waals surface area contributed by atoms with Crippen molar-refractivity contribution >= 4 is 11.8 Å². The lowest BCUT2D eigenvalue weighted by molar-refractivity contribution is 0.463. The summed E-state index contributed by atoms with van der Waals surface area (Å²) in [5.41, 5.74) is 6.11. The fourth-order valence-electron chi connectivity index (χ4n) is 1.83. The number of nitrogens with two attached hydrogens (primary N) is 1. The summed E-state index contributed by atoms with van der Waals surface area (Å²) in [6, 6.07) is 0.458. The number of thioether (sulfide) groups is 1. The molecule has 72 valence electrons. The van der Waals surface area contributed by atoms with E-state index in [0.29, 0.717) is 6.04 Å². The molecule has 12 heavy (non-hydrogen) atoms. The average Bonchev–Trinajstić information content (AvgIpc) is 2.51. The summed E-state index contributed by atoms with van der Waals surface area (Å²) in [5.74, 6) is 1.98.